The summed E-state index contributed by atoms with van der Waals surface area (Å²) in [4.78, 5) is 38.4. The van der Waals surface area contributed by atoms with Crippen LogP contribution in [0.25, 0.3) is 11.1 Å². The molecule has 1 aromatic carbocycles. The van der Waals surface area contributed by atoms with Crippen molar-refractivity contribution in [2.45, 2.75) is 44.5 Å². The van der Waals surface area contributed by atoms with Gasteiger partial charge in [0.2, 0.25) is 11.8 Å². The van der Waals surface area contributed by atoms with E-state index in [2.05, 4.69) is 4.98 Å². The highest BCUT2D eigenvalue weighted by Gasteiger charge is 2.48. The van der Waals surface area contributed by atoms with Crippen LogP contribution in [0.3, 0.4) is 0 Å². The van der Waals surface area contributed by atoms with E-state index < -0.39 is 65.0 Å². The van der Waals surface area contributed by atoms with Gasteiger partial charge in [-0.3, -0.25) is 14.4 Å². The average Bonchev–Trinajstić information content (AvgIpc) is 2.74. The minimum atomic E-state index is -1.36. The first-order chi connectivity index (χ1) is 16.1. The monoisotopic (exact) mass is 499 g/mol. The Balaban J connectivity index is 1.98. The van der Waals surface area contributed by atoms with E-state index in [-0.39, 0.29) is 16.9 Å². The largest absolute Gasteiger partial charge is 0.472 e. The van der Waals surface area contributed by atoms with Crippen molar-refractivity contribution >= 4 is 29.7 Å². The van der Waals surface area contributed by atoms with Crippen LogP contribution in [0.5, 0.6) is 5.75 Å². The van der Waals surface area contributed by atoms with Crippen LogP contribution in [-0.4, -0.2) is 52.4 Å². The fraction of sp³-hybridized carbons (Fsp3) is 0.364. The molecule has 1 fully saturated rings. The highest BCUT2D eigenvalue weighted by molar-refractivity contribution is 7.99. The molecule has 0 radical (unpaired) electrons. The summed E-state index contributed by atoms with van der Waals surface area (Å²) in [5.74, 6) is -6.34. The SMILES string of the molecule is CC(=O)O[C@@H]1[C@@H](OC(C)=O)[C@@H](Oc2cc(-c3cccnc3F)cc(F)c2F)SC[C@H]1OC(C)=O. The summed E-state index contributed by atoms with van der Waals surface area (Å²) >= 11 is 0.965. The highest BCUT2D eigenvalue weighted by atomic mass is 32.2. The summed E-state index contributed by atoms with van der Waals surface area (Å²) in [6.45, 7) is 3.35. The van der Waals surface area contributed by atoms with E-state index in [9.17, 15) is 27.6 Å². The van der Waals surface area contributed by atoms with E-state index >= 15 is 0 Å². The Morgan fingerprint density at radius 3 is 2.24 bits per heavy atom. The summed E-state index contributed by atoms with van der Waals surface area (Å²) in [6.07, 6.45) is -2.41. The number of pyridine rings is 1. The molecule has 0 N–H and O–H groups in total. The Morgan fingerprint density at radius 1 is 0.971 bits per heavy atom. The van der Waals surface area contributed by atoms with Crippen LogP contribution in [0.15, 0.2) is 30.5 Å². The molecule has 2 aromatic rings. The number of halogens is 3. The molecule has 0 amide bonds. The number of thioether (sulfide) groups is 1. The van der Waals surface area contributed by atoms with Gasteiger partial charge in [-0.2, -0.15) is 8.78 Å². The summed E-state index contributed by atoms with van der Waals surface area (Å²) in [6, 6.07) is 4.62. The van der Waals surface area contributed by atoms with Gasteiger partial charge in [0, 0.05) is 38.3 Å². The van der Waals surface area contributed by atoms with Gasteiger partial charge in [0.15, 0.2) is 35.3 Å². The first-order valence-electron chi connectivity index (χ1n) is 9.96. The number of carbonyl (C=O) groups is 3. The van der Waals surface area contributed by atoms with E-state index in [4.69, 9.17) is 18.9 Å². The number of ether oxygens (including phenoxy) is 4. The van der Waals surface area contributed by atoms with E-state index in [1.165, 1.54) is 18.3 Å². The van der Waals surface area contributed by atoms with Gasteiger partial charge >= 0.3 is 17.9 Å². The molecule has 1 aliphatic heterocycles. The van der Waals surface area contributed by atoms with Crippen molar-refractivity contribution in [3.8, 4) is 16.9 Å². The number of rotatable bonds is 6. The fourth-order valence-corrected chi connectivity index (χ4v) is 4.55. The van der Waals surface area contributed by atoms with Crippen LogP contribution in [0.2, 0.25) is 0 Å². The summed E-state index contributed by atoms with van der Waals surface area (Å²) in [7, 11) is 0. The van der Waals surface area contributed by atoms with Crippen molar-refractivity contribution < 1.29 is 46.5 Å². The molecule has 0 bridgehead atoms. The molecule has 2 heterocycles. The van der Waals surface area contributed by atoms with Crippen molar-refractivity contribution in [1.29, 1.82) is 0 Å². The summed E-state index contributed by atoms with van der Waals surface area (Å²) in [5.41, 5.74) is -1.33. The van der Waals surface area contributed by atoms with Crippen molar-refractivity contribution in [1.82, 2.24) is 4.98 Å². The van der Waals surface area contributed by atoms with Gasteiger partial charge in [0.05, 0.1) is 0 Å². The van der Waals surface area contributed by atoms with Crippen molar-refractivity contribution in [3.05, 3.63) is 48.0 Å². The third-order valence-corrected chi connectivity index (χ3v) is 5.83. The van der Waals surface area contributed by atoms with Crippen LogP contribution in [-0.2, 0) is 28.6 Å². The molecule has 0 aliphatic carbocycles. The predicted molar refractivity (Wildman–Crippen MR) is 113 cm³/mol. The third kappa shape index (κ3) is 5.99. The molecule has 182 valence electrons. The lowest BCUT2D eigenvalue weighted by Gasteiger charge is -2.39. The molecule has 12 heteroatoms. The smallest absolute Gasteiger partial charge is 0.303 e. The van der Waals surface area contributed by atoms with E-state index in [1.54, 1.807) is 0 Å². The number of aromatic nitrogens is 1. The van der Waals surface area contributed by atoms with E-state index in [1.807, 2.05) is 0 Å². The van der Waals surface area contributed by atoms with E-state index in [0.29, 0.717) is 0 Å². The normalized spacial score (nSPS) is 21.9. The zero-order chi connectivity index (χ0) is 25.0. The quantitative estimate of drug-likeness (QED) is 0.336. The lowest BCUT2D eigenvalue weighted by atomic mass is 10.1. The molecule has 0 saturated carbocycles. The molecule has 0 spiro atoms. The number of esters is 3. The molecular weight excluding hydrogens is 479 g/mol. The van der Waals surface area contributed by atoms with E-state index in [0.717, 1.165) is 44.7 Å². The molecule has 34 heavy (non-hydrogen) atoms. The van der Waals surface area contributed by atoms with Crippen LogP contribution in [0.4, 0.5) is 13.2 Å². The zero-order valence-corrected chi connectivity index (χ0v) is 19.1. The predicted octanol–water partition coefficient (Wildman–Crippen LogP) is 3.41. The van der Waals surface area contributed by atoms with Gasteiger partial charge in [0.25, 0.3) is 0 Å². The second-order valence-corrected chi connectivity index (χ2v) is 8.36. The van der Waals surface area contributed by atoms with Crippen LogP contribution >= 0.6 is 11.8 Å². The summed E-state index contributed by atoms with van der Waals surface area (Å²) in [5, 5.41) is 0. The third-order valence-electron chi connectivity index (χ3n) is 4.61. The zero-order valence-electron chi connectivity index (χ0n) is 18.3. The van der Waals surface area contributed by atoms with Gasteiger partial charge in [-0.1, -0.05) is 0 Å². The number of hydrogen-bond donors (Lipinski definition) is 0. The maximum Gasteiger partial charge on any atom is 0.303 e. The fourth-order valence-electron chi connectivity index (χ4n) is 3.34. The Hall–Kier alpha value is -3.28. The van der Waals surface area contributed by atoms with Crippen LogP contribution < -0.4 is 4.74 Å². The molecule has 1 saturated heterocycles. The standard InChI is InChI=1S/C22H20F3NO7S/c1-10(27)30-17-9-34-22(20(32-12(3)29)19(17)31-11(2)28)33-16-8-13(7-15(23)18(16)24)14-5-4-6-26-21(14)25/h4-8,17,19-20,22H,9H2,1-3H3/t17-,19+,20-,22+/m1/s1. The topological polar surface area (TPSA) is 101 Å². The summed E-state index contributed by atoms with van der Waals surface area (Å²) < 4.78 is 64.4. The van der Waals surface area contributed by atoms with Crippen molar-refractivity contribution in [3.63, 3.8) is 0 Å². The Bertz CT molecular complexity index is 1100. The van der Waals surface area contributed by atoms with Crippen molar-refractivity contribution in [2.24, 2.45) is 0 Å². The average molecular weight is 499 g/mol. The Labute approximate surface area is 196 Å². The Morgan fingerprint density at radius 2 is 1.62 bits per heavy atom. The van der Waals surface area contributed by atoms with Crippen LogP contribution in [0.1, 0.15) is 20.8 Å². The second-order valence-electron chi connectivity index (χ2n) is 7.23. The lowest BCUT2D eigenvalue weighted by molar-refractivity contribution is -0.186. The molecular formula is C22H20F3NO7S. The number of hydrogen-bond acceptors (Lipinski definition) is 9. The molecule has 1 aliphatic rings. The van der Waals surface area contributed by atoms with Gasteiger partial charge in [-0.05, 0) is 29.8 Å². The second kappa shape index (κ2) is 10.8. The first kappa shape index (κ1) is 25.3. The number of carbonyl (C=O) groups excluding carboxylic acids is 3. The number of nitrogens with zero attached hydrogens (tertiary/aromatic N) is 1. The molecule has 4 atom stereocenters. The van der Waals surface area contributed by atoms with Gasteiger partial charge in [0.1, 0.15) is 0 Å². The molecule has 1 aromatic heterocycles. The Kier molecular flexibility index (Phi) is 8.02. The number of benzene rings is 1. The molecule has 8 nitrogen and oxygen atoms in total. The van der Waals surface area contributed by atoms with Gasteiger partial charge in [-0.25, -0.2) is 9.37 Å². The lowest BCUT2D eigenvalue weighted by Crippen LogP contribution is -2.55. The highest BCUT2D eigenvalue weighted by Crippen LogP contribution is 2.37. The first-order valence-corrected chi connectivity index (χ1v) is 11.0. The van der Waals surface area contributed by atoms with Gasteiger partial charge in [-0.15, -0.1) is 11.8 Å². The van der Waals surface area contributed by atoms with Crippen LogP contribution in [0, 0.1) is 17.6 Å². The van der Waals surface area contributed by atoms with Crippen molar-refractivity contribution in [2.75, 3.05) is 5.75 Å². The molecule has 0 unspecified atom stereocenters. The molecule has 3 rings (SSSR count). The minimum absolute atomic E-state index is 0.0288. The maximum absolute atomic E-state index is 14.6. The van der Waals surface area contributed by atoms with Gasteiger partial charge < -0.3 is 18.9 Å². The minimum Gasteiger partial charge on any atom is -0.472 e. The maximum atomic E-state index is 14.6.